The number of nitrogens with one attached hydrogen (secondary N) is 1. The molecule has 138 valence electrons. The van der Waals surface area contributed by atoms with Crippen LogP contribution in [0.4, 0.5) is 11.4 Å². The van der Waals surface area contributed by atoms with Crippen LogP contribution in [-0.4, -0.2) is 43.4 Å². The molecule has 1 aromatic heterocycles. The number of amides is 1. The standard InChI is InChI=1S/C18H20ClN3O3S/c1-2-22(16-9-10-26(24,25)12-16)15-7-8-17(20-11-15)18(23)21-14-5-3-13(19)4-6-14/h3-8,11,16H,2,9-10,12H2,1H3,(H,21,23). The summed E-state index contributed by atoms with van der Waals surface area (Å²) >= 11 is 5.83. The van der Waals surface area contributed by atoms with Gasteiger partial charge in [0.2, 0.25) is 0 Å². The summed E-state index contributed by atoms with van der Waals surface area (Å²) in [6.45, 7) is 2.66. The van der Waals surface area contributed by atoms with Crippen molar-refractivity contribution in [3.8, 4) is 0 Å². The van der Waals surface area contributed by atoms with Gasteiger partial charge in [-0.1, -0.05) is 11.6 Å². The molecule has 2 heterocycles. The van der Waals surface area contributed by atoms with Crippen LogP contribution in [0.2, 0.25) is 5.02 Å². The molecule has 1 fully saturated rings. The summed E-state index contributed by atoms with van der Waals surface area (Å²) in [6, 6.07) is 10.2. The molecular weight excluding hydrogens is 374 g/mol. The van der Waals surface area contributed by atoms with E-state index in [0.717, 1.165) is 5.69 Å². The van der Waals surface area contributed by atoms with Crippen molar-refractivity contribution in [1.29, 1.82) is 0 Å². The first kappa shape index (κ1) is 18.7. The van der Waals surface area contributed by atoms with Crippen LogP contribution >= 0.6 is 11.6 Å². The second-order valence-corrected chi connectivity index (χ2v) is 8.87. The van der Waals surface area contributed by atoms with Gasteiger partial charge in [-0.3, -0.25) is 4.79 Å². The molecule has 3 rings (SSSR count). The minimum atomic E-state index is -2.95. The van der Waals surface area contributed by atoms with Gasteiger partial charge in [-0.25, -0.2) is 13.4 Å². The number of hydrogen-bond donors (Lipinski definition) is 1. The van der Waals surface area contributed by atoms with Crippen molar-refractivity contribution < 1.29 is 13.2 Å². The van der Waals surface area contributed by atoms with E-state index in [0.29, 0.717) is 29.4 Å². The average Bonchev–Trinajstić information content (AvgIpc) is 2.98. The van der Waals surface area contributed by atoms with E-state index in [9.17, 15) is 13.2 Å². The van der Waals surface area contributed by atoms with Crippen molar-refractivity contribution in [2.75, 3.05) is 28.3 Å². The molecule has 0 radical (unpaired) electrons. The van der Waals surface area contributed by atoms with Crippen molar-refractivity contribution in [2.24, 2.45) is 0 Å². The van der Waals surface area contributed by atoms with E-state index in [1.807, 2.05) is 11.8 Å². The van der Waals surface area contributed by atoms with Crippen molar-refractivity contribution in [2.45, 2.75) is 19.4 Å². The average molecular weight is 394 g/mol. The summed E-state index contributed by atoms with van der Waals surface area (Å²) in [7, 11) is -2.95. The number of benzene rings is 1. The zero-order valence-corrected chi connectivity index (χ0v) is 15.9. The first-order valence-electron chi connectivity index (χ1n) is 8.38. The van der Waals surface area contributed by atoms with Crippen LogP contribution in [-0.2, 0) is 9.84 Å². The van der Waals surface area contributed by atoms with Crippen LogP contribution in [0.1, 0.15) is 23.8 Å². The minimum Gasteiger partial charge on any atom is -0.367 e. The van der Waals surface area contributed by atoms with E-state index in [-0.39, 0.29) is 23.5 Å². The quantitative estimate of drug-likeness (QED) is 0.844. The lowest BCUT2D eigenvalue weighted by Crippen LogP contribution is -2.36. The Kier molecular flexibility index (Phi) is 5.48. The van der Waals surface area contributed by atoms with Gasteiger partial charge in [0.05, 0.1) is 23.4 Å². The normalized spacial score (nSPS) is 18.5. The van der Waals surface area contributed by atoms with Crippen LogP contribution in [0.15, 0.2) is 42.6 Å². The van der Waals surface area contributed by atoms with Gasteiger partial charge in [-0.05, 0) is 49.7 Å². The van der Waals surface area contributed by atoms with Crippen molar-refractivity contribution in [3.05, 3.63) is 53.3 Å². The zero-order valence-electron chi connectivity index (χ0n) is 14.4. The Labute approximate surface area is 158 Å². The molecule has 1 amide bonds. The Bertz CT molecular complexity index is 883. The monoisotopic (exact) mass is 393 g/mol. The highest BCUT2D eigenvalue weighted by Crippen LogP contribution is 2.24. The summed E-state index contributed by atoms with van der Waals surface area (Å²) < 4.78 is 23.5. The number of anilines is 2. The fourth-order valence-corrected chi connectivity index (χ4v) is 4.95. The van der Waals surface area contributed by atoms with Crippen LogP contribution in [0.3, 0.4) is 0 Å². The first-order valence-corrected chi connectivity index (χ1v) is 10.6. The van der Waals surface area contributed by atoms with Gasteiger partial charge in [0.25, 0.3) is 5.91 Å². The molecule has 0 aliphatic carbocycles. The summed E-state index contributed by atoms with van der Waals surface area (Å²) in [5, 5.41) is 3.36. The van der Waals surface area contributed by atoms with Crippen molar-refractivity contribution in [1.82, 2.24) is 4.98 Å². The third kappa shape index (κ3) is 4.34. The number of halogens is 1. The SMILES string of the molecule is CCN(c1ccc(C(=O)Nc2ccc(Cl)cc2)nc1)C1CCS(=O)(=O)C1. The number of hydrogen-bond acceptors (Lipinski definition) is 5. The second kappa shape index (κ2) is 7.63. The summed E-state index contributed by atoms with van der Waals surface area (Å²) in [5.74, 6) is 0.0772. The Balaban J connectivity index is 1.70. The van der Waals surface area contributed by atoms with Gasteiger partial charge in [-0.2, -0.15) is 0 Å². The maximum Gasteiger partial charge on any atom is 0.274 e. The van der Waals surface area contributed by atoms with Gasteiger partial charge in [0, 0.05) is 23.3 Å². The molecule has 1 aromatic carbocycles. The number of carbonyl (C=O) groups excluding carboxylic acids is 1. The molecule has 1 N–H and O–H groups in total. The number of nitrogens with zero attached hydrogens (tertiary/aromatic N) is 2. The predicted molar refractivity (Wildman–Crippen MR) is 104 cm³/mol. The fourth-order valence-electron chi connectivity index (χ4n) is 3.09. The molecule has 1 unspecified atom stereocenters. The van der Waals surface area contributed by atoms with Gasteiger partial charge >= 0.3 is 0 Å². The van der Waals surface area contributed by atoms with Crippen LogP contribution in [0, 0.1) is 0 Å². The first-order chi connectivity index (χ1) is 12.4. The van der Waals surface area contributed by atoms with Crippen LogP contribution in [0.25, 0.3) is 0 Å². The Morgan fingerprint density at radius 3 is 2.54 bits per heavy atom. The molecule has 2 aromatic rings. The molecule has 0 bridgehead atoms. The number of rotatable bonds is 5. The topological polar surface area (TPSA) is 79.4 Å². The van der Waals surface area contributed by atoms with E-state index in [1.165, 1.54) is 0 Å². The van der Waals surface area contributed by atoms with Gasteiger partial charge < -0.3 is 10.2 Å². The number of aromatic nitrogens is 1. The molecule has 1 aliphatic rings. The lowest BCUT2D eigenvalue weighted by atomic mass is 10.2. The molecular formula is C18H20ClN3O3S. The van der Waals surface area contributed by atoms with Crippen LogP contribution in [0.5, 0.6) is 0 Å². The van der Waals surface area contributed by atoms with E-state index in [1.54, 1.807) is 42.6 Å². The highest BCUT2D eigenvalue weighted by molar-refractivity contribution is 7.91. The van der Waals surface area contributed by atoms with E-state index in [4.69, 9.17) is 11.6 Å². The maximum absolute atomic E-state index is 12.3. The predicted octanol–water partition coefficient (Wildman–Crippen LogP) is 3.00. The summed E-state index contributed by atoms with van der Waals surface area (Å²) in [4.78, 5) is 18.6. The zero-order chi connectivity index (χ0) is 18.7. The lowest BCUT2D eigenvalue weighted by Gasteiger charge is -2.28. The summed E-state index contributed by atoms with van der Waals surface area (Å²) in [5.41, 5.74) is 1.74. The third-order valence-electron chi connectivity index (χ3n) is 4.40. The molecule has 0 spiro atoms. The number of sulfone groups is 1. The van der Waals surface area contributed by atoms with Crippen molar-refractivity contribution >= 4 is 38.7 Å². The Morgan fingerprint density at radius 2 is 2.00 bits per heavy atom. The Hall–Kier alpha value is -2.12. The largest absolute Gasteiger partial charge is 0.367 e. The fraction of sp³-hybridized carbons (Fsp3) is 0.333. The third-order valence-corrected chi connectivity index (χ3v) is 6.41. The molecule has 1 atom stereocenters. The van der Waals surface area contributed by atoms with E-state index >= 15 is 0 Å². The molecule has 26 heavy (non-hydrogen) atoms. The van der Waals surface area contributed by atoms with Gasteiger partial charge in [0.1, 0.15) is 5.69 Å². The van der Waals surface area contributed by atoms with Gasteiger partial charge in [0.15, 0.2) is 9.84 Å². The highest BCUT2D eigenvalue weighted by atomic mass is 35.5. The minimum absolute atomic E-state index is 0.0412. The maximum atomic E-state index is 12.3. The van der Waals surface area contributed by atoms with Crippen LogP contribution < -0.4 is 10.2 Å². The number of carbonyl (C=O) groups is 1. The van der Waals surface area contributed by atoms with Gasteiger partial charge in [-0.15, -0.1) is 0 Å². The lowest BCUT2D eigenvalue weighted by molar-refractivity contribution is 0.102. The molecule has 6 nitrogen and oxygen atoms in total. The smallest absolute Gasteiger partial charge is 0.274 e. The van der Waals surface area contributed by atoms with Crippen molar-refractivity contribution in [3.63, 3.8) is 0 Å². The Morgan fingerprint density at radius 1 is 1.27 bits per heavy atom. The molecule has 8 heteroatoms. The van der Waals surface area contributed by atoms with E-state index in [2.05, 4.69) is 10.3 Å². The molecule has 0 saturated carbocycles. The highest BCUT2D eigenvalue weighted by Gasteiger charge is 2.32. The summed E-state index contributed by atoms with van der Waals surface area (Å²) in [6.07, 6.45) is 2.24. The molecule has 1 aliphatic heterocycles. The molecule has 1 saturated heterocycles. The number of pyridine rings is 1. The second-order valence-electron chi connectivity index (χ2n) is 6.21. The van der Waals surface area contributed by atoms with E-state index < -0.39 is 9.84 Å².